The molecule has 4 nitrogen and oxygen atoms in total. The second kappa shape index (κ2) is 5.98. The molecule has 0 aliphatic carbocycles. The van der Waals surface area contributed by atoms with Crippen LogP contribution in [-0.2, 0) is 20.7 Å². The average molecular weight is 287 g/mol. The zero-order chi connectivity index (χ0) is 13.9. The lowest BCUT2D eigenvalue weighted by Gasteiger charge is -2.10. The number of nitrogens with one attached hydrogen (secondary N) is 1. The normalized spacial score (nSPS) is 23.7. The molecule has 0 spiro atoms. The van der Waals surface area contributed by atoms with Crippen LogP contribution in [0.2, 0.25) is 0 Å². The largest absolute Gasteiger partial charge is 0.311 e. The van der Waals surface area contributed by atoms with Crippen LogP contribution in [0.15, 0.2) is 24.3 Å². The number of hydrogen-bond acceptors (Lipinski definition) is 4. The Balaban J connectivity index is 1.80. The van der Waals surface area contributed by atoms with E-state index in [0.717, 1.165) is 31.2 Å². The molecule has 1 aliphatic rings. The molecule has 1 aliphatic heterocycles. The van der Waals surface area contributed by atoms with E-state index in [1.165, 1.54) is 12.1 Å². The number of halogens is 1. The van der Waals surface area contributed by atoms with Gasteiger partial charge in [0.2, 0.25) is 0 Å². The average Bonchev–Trinajstić information content (AvgIpc) is 2.77. The second-order valence-corrected chi connectivity index (χ2v) is 6.67. The van der Waals surface area contributed by atoms with E-state index in [-0.39, 0.29) is 18.5 Å². The minimum Gasteiger partial charge on any atom is -0.311 e. The third-order valence-electron chi connectivity index (χ3n) is 3.23. The highest BCUT2D eigenvalue weighted by molar-refractivity contribution is 7.85. The zero-order valence-electron chi connectivity index (χ0n) is 10.8. The highest BCUT2D eigenvalue weighted by Crippen LogP contribution is 2.20. The molecular weight excluding hydrogens is 269 g/mol. The quantitative estimate of drug-likeness (QED) is 0.830. The van der Waals surface area contributed by atoms with Crippen molar-refractivity contribution in [2.24, 2.45) is 5.92 Å². The van der Waals surface area contributed by atoms with Gasteiger partial charge in [0.05, 0.1) is 12.9 Å². The molecule has 19 heavy (non-hydrogen) atoms. The van der Waals surface area contributed by atoms with Gasteiger partial charge in [-0.25, -0.2) is 4.39 Å². The van der Waals surface area contributed by atoms with Crippen molar-refractivity contribution in [2.45, 2.75) is 18.9 Å². The highest BCUT2D eigenvalue weighted by Gasteiger charge is 2.25. The van der Waals surface area contributed by atoms with Crippen molar-refractivity contribution in [1.82, 2.24) is 5.32 Å². The summed E-state index contributed by atoms with van der Waals surface area (Å²) in [4.78, 5) is 0. The maximum absolute atomic E-state index is 12.8. The number of hydrogen-bond donors (Lipinski definition) is 1. The Kier molecular flexibility index (Phi) is 4.54. The van der Waals surface area contributed by atoms with Crippen molar-refractivity contribution in [3.63, 3.8) is 0 Å². The Morgan fingerprint density at radius 3 is 2.68 bits per heavy atom. The molecule has 1 saturated heterocycles. The molecule has 2 atom stereocenters. The highest BCUT2D eigenvalue weighted by atomic mass is 32.2. The van der Waals surface area contributed by atoms with Crippen LogP contribution in [0.1, 0.15) is 12.0 Å². The van der Waals surface area contributed by atoms with Crippen LogP contribution < -0.4 is 5.32 Å². The van der Waals surface area contributed by atoms with Crippen LogP contribution >= 0.6 is 0 Å². The SMILES string of the molecule is CS(=O)(=O)OCC1CC(Cc2ccc(F)cc2)CN1. The van der Waals surface area contributed by atoms with Crippen LogP contribution in [0.25, 0.3) is 0 Å². The van der Waals surface area contributed by atoms with Crippen molar-refractivity contribution < 1.29 is 17.0 Å². The molecule has 1 aromatic carbocycles. The first-order chi connectivity index (χ1) is 8.92. The van der Waals surface area contributed by atoms with Gasteiger partial charge in [0, 0.05) is 6.04 Å². The first-order valence-corrected chi connectivity index (χ1v) is 8.06. The topological polar surface area (TPSA) is 55.4 Å². The molecule has 0 saturated carbocycles. The summed E-state index contributed by atoms with van der Waals surface area (Å²) in [5.41, 5.74) is 1.10. The zero-order valence-corrected chi connectivity index (χ0v) is 11.6. The van der Waals surface area contributed by atoms with Crippen LogP contribution in [-0.4, -0.2) is 33.9 Å². The summed E-state index contributed by atoms with van der Waals surface area (Å²) in [6.45, 7) is 1.01. The van der Waals surface area contributed by atoms with Gasteiger partial charge in [-0.05, 0) is 43.0 Å². The van der Waals surface area contributed by atoms with E-state index >= 15 is 0 Å². The fraction of sp³-hybridized carbons (Fsp3) is 0.538. The van der Waals surface area contributed by atoms with E-state index < -0.39 is 10.1 Å². The summed E-state index contributed by atoms with van der Waals surface area (Å²) in [5, 5.41) is 3.25. The summed E-state index contributed by atoms with van der Waals surface area (Å²) in [7, 11) is -3.37. The molecule has 2 unspecified atom stereocenters. The van der Waals surface area contributed by atoms with Crippen LogP contribution in [0.4, 0.5) is 4.39 Å². The van der Waals surface area contributed by atoms with Gasteiger partial charge in [0.1, 0.15) is 5.82 Å². The standard InChI is InChI=1S/C13H18FNO3S/c1-19(16,17)18-9-13-7-11(8-15-13)6-10-2-4-12(14)5-3-10/h2-5,11,13,15H,6-9H2,1H3. The van der Waals surface area contributed by atoms with Crippen LogP contribution in [0.5, 0.6) is 0 Å². The van der Waals surface area contributed by atoms with Crippen molar-refractivity contribution in [3.8, 4) is 0 Å². The molecular formula is C13H18FNO3S. The van der Waals surface area contributed by atoms with Gasteiger partial charge >= 0.3 is 0 Å². The second-order valence-electron chi connectivity index (χ2n) is 5.03. The monoisotopic (exact) mass is 287 g/mol. The molecule has 1 heterocycles. The fourth-order valence-corrected chi connectivity index (χ4v) is 2.76. The van der Waals surface area contributed by atoms with E-state index in [1.54, 1.807) is 12.1 Å². The molecule has 2 rings (SSSR count). The van der Waals surface area contributed by atoms with Crippen molar-refractivity contribution >= 4 is 10.1 Å². The Labute approximate surface area is 113 Å². The van der Waals surface area contributed by atoms with E-state index in [1.807, 2.05) is 0 Å². The van der Waals surface area contributed by atoms with E-state index in [2.05, 4.69) is 5.32 Å². The summed E-state index contributed by atoms with van der Waals surface area (Å²) in [6, 6.07) is 6.56. The first kappa shape index (κ1) is 14.4. The van der Waals surface area contributed by atoms with Crippen molar-refractivity contribution in [2.75, 3.05) is 19.4 Å². The van der Waals surface area contributed by atoms with E-state index in [4.69, 9.17) is 4.18 Å². The van der Waals surface area contributed by atoms with Gasteiger partial charge in [-0.3, -0.25) is 4.18 Å². The lowest BCUT2D eigenvalue weighted by atomic mass is 9.97. The summed E-state index contributed by atoms with van der Waals surface area (Å²) < 4.78 is 39.4. The van der Waals surface area contributed by atoms with Gasteiger partial charge in [-0.15, -0.1) is 0 Å². The van der Waals surface area contributed by atoms with Gasteiger partial charge in [-0.2, -0.15) is 8.42 Å². The van der Waals surface area contributed by atoms with Gasteiger partial charge in [0.25, 0.3) is 10.1 Å². The molecule has 0 radical (unpaired) electrons. The lowest BCUT2D eigenvalue weighted by Crippen LogP contribution is -2.27. The van der Waals surface area contributed by atoms with Gasteiger partial charge in [0.15, 0.2) is 0 Å². The Morgan fingerprint density at radius 2 is 2.05 bits per heavy atom. The predicted molar refractivity (Wildman–Crippen MR) is 70.8 cm³/mol. The van der Waals surface area contributed by atoms with Gasteiger partial charge < -0.3 is 5.32 Å². The third-order valence-corrected chi connectivity index (χ3v) is 3.80. The Hall–Kier alpha value is -0.980. The molecule has 6 heteroatoms. The molecule has 1 N–H and O–H groups in total. The molecule has 0 amide bonds. The maximum atomic E-state index is 12.8. The minimum atomic E-state index is -3.37. The van der Waals surface area contributed by atoms with Crippen molar-refractivity contribution in [1.29, 1.82) is 0 Å². The molecule has 1 aromatic rings. The number of rotatable bonds is 5. The van der Waals surface area contributed by atoms with E-state index in [9.17, 15) is 12.8 Å². The lowest BCUT2D eigenvalue weighted by molar-refractivity contribution is 0.281. The minimum absolute atomic E-state index is 0.0696. The Bertz CT molecular complexity index is 515. The van der Waals surface area contributed by atoms with Crippen LogP contribution in [0, 0.1) is 11.7 Å². The van der Waals surface area contributed by atoms with Crippen molar-refractivity contribution in [3.05, 3.63) is 35.6 Å². The molecule has 0 bridgehead atoms. The predicted octanol–water partition coefficient (Wildman–Crippen LogP) is 1.32. The Morgan fingerprint density at radius 1 is 1.37 bits per heavy atom. The molecule has 0 aromatic heterocycles. The fourth-order valence-electron chi connectivity index (χ4n) is 2.34. The third kappa shape index (κ3) is 4.89. The molecule has 1 fully saturated rings. The summed E-state index contributed by atoms with van der Waals surface area (Å²) >= 11 is 0. The summed E-state index contributed by atoms with van der Waals surface area (Å²) in [6.07, 6.45) is 2.79. The smallest absolute Gasteiger partial charge is 0.264 e. The maximum Gasteiger partial charge on any atom is 0.264 e. The van der Waals surface area contributed by atoms with E-state index in [0.29, 0.717) is 5.92 Å². The molecule has 106 valence electrons. The summed E-state index contributed by atoms with van der Waals surface area (Å²) in [5.74, 6) is 0.200. The van der Waals surface area contributed by atoms with Crippen LogP contribution in [0.3, 0.4) is 0 Å². The number of benzene rings is 1. The van der Waals surface area contributed by atoms with Gasteiger partial charge in [-0.1, -0.05) is 12.1 Å². The first-order valence-electron chi connectivity index (χ1n) is 6.24.